The topological polar surface area (TPSA) is 150 Å². The van der Waals surface area contributed by atoms with Crippen LogP contribution in [0.1, 0.15) is 11.1 Å². The molecule has 2 rings (SSSR count). The summed E-state index contributed by atoms with van der Waals surface area (Å²) in [6.45, 7) is 3.83. The lowest BCUT2D eigenvalue weighted by Crippen LogP contribution is -2.21. The van der Waals surface area contributed by atoms with E-state index in [4.69, 9.17) is 21.1 Å². The Morgan fingerprint density at radius 3 is 2.38 bits per heavy atom. The molecule has 0 aromatic heterocycles. The van der Waals surface area contributed by atoms with Gasteiger partial charge in [-0.3, -0.25) is 20.9 Å². The van der Waals surface area contributed by atoms with E-state index in [9.17, 15) is 10.1 Å². The molecule has 0 radical (unpaired) electrons. The number of nitrogens with one attached hydrogen (secondary N) is 2. The van der Waals surface area contributed by atoms with Gasteiger partial charge in [0.1, 0.15) is 17.6 Å². The van der Waals surface area contributed by atoms with Crippen LogP contribution >= 0.6 is 0 Å². The van der Waals surface area contributed by atoms with Crippen molar-refractivity contribution in [2.75, 3.05) is 5.43 Å². The van der Waals surface area contributed by atoms with E-state index < -0.39 is 10.8 Å². The van der Waals surface area contributed by atoms with Gasteiger partial charge in [0.15, 0.2) is 5.84 Å². The molecule has 0 atom stereocenters. The fourth-order valence-electron chi connectivity index (χ4n) is 2.21. The molecule has 0 fully saturated rings. The molecule has 2 aromatic rings. The van der Waals surface area contributed by atoms with Gasteiger partial charge in [0, 0.05) is 12.1 Å². The van der Waals surface area contributed by atoms with Crippen molar-refractivity contribution in [3.05, 3.63) is 57.6 Å². The number of nitro benzene ring substituents is 1. The molecule has 4 N–H and O–H groups in total. The molecule has 9 heteroatoms. The summed E-state index contributed by atoms with van der Waals surface area (Å²) < 4.78 is 5.73. The molecule has 0 saturated carbocycles. The Bertz CT molecular complexity index is 926. The van der Waals surface area contributed by atoms with Crippen LogP contribution in [0.2, 0.25) is 0 Å². The average Bonchev–Trinajstić information content (AvgIpc) is 2.53. The number of hydrogen-bond donors (Lipinski definition) is 3. The molecule has 0 spiro atoms. The highest BCUT2D eigenvalue weighted by molar-refractivity contribution is 6.45. The lowest BCUT2D eigenvalue weighted by Gasteiger charge is -2.09. The number of anilines is 1. The summed E-state index contributed by atoms with van der Waals surface area (Å²) in [5, 5.41) is 30.9. The third-order valence-corrected chi connectivity index (χ3v) is 3.19. The Hall–Kier alpha value is -3.93. The van der Waals surface area contributed by atoms with Crippen molar-refractivity contribution in [2.24, 2.45) is 10.8 Å². The first kappa shape index (κ1) is 18.4. The molecule has 0 unspecified atom stereocenters. The fraction of sp³-hybridized carbons (Fsp3) is 0.118. The highest BCUT2D eigenvalue weighted by atomic mass is 16.6. The third kappa shape index (κ3) is 4.78. The second kappa shape index (κ2) is 7.76. The summed E-state index contributed by atoms with van der Waals surface area (Å²) in [6, 6.07) is 11.2. The van der Waals surface area contributed by atoms with Crippen LogP contribution in [0.3, 0.4) is 0 Å². The molecule has 26 heavy (non-hydrogen) atoms. The summed E-state index contributed by atoms with van der Waals surface area (Å²) >= 11 is 0. The Labute approximate surface area is 149 Å². The molecule has 0 aliphatic rings. The Kier molecular flexibility index (Phi) is 5.49. The minimum absolute atomic E-state index is 0.215. The van der Waals surface area contributed by atoms with E-state index in [1.807, 2.05) is 19.9 Å². The maximum Gasteiger partial charge on any atom is 0.275 e. The third-order valence-electron chi connectivity index (χ3n) is 3.19. The first-order chi connectivity index (χ1) is 12.3. The number of benzene rings is 2. The van der Waals surface area contributed by atoms with Crippen molar-refractivity contribution in [3.63, 3.8) is 0 Å². The Balaban J connectivity index is 2.37. The van der Waals surface area contributed by atoms with Crippen molar-refractivity contribution >= 4 is 22.9 Å². The lowest BCUT2D eigenvalue weighted by molar-refractivity contribution is -0.384. The molecule has 0 amide bonds. The normalized spacial score (nSPS) is 10.7. The number of nitrogens with two attached hydrogens (primary N) is 1. The van der Waals surface area contributed by atoms with E-state index in [0.717, 1.165) is 11.1 Å². The average molecular weight is 352 g/mol. The van der Waals surface area contributed by atoms with Crippen LogP contribution in [0.4, 0.5) is 11.4 Å². The summed E-state index contributed by atoms with van der Waals surface area (Å²) in [5.74, 6) is 0.249. The number of amidine groups is 1. The molecule has 132 valence electrons. The van der Waals surface area contributed by atoms with Crippen LogP contribution in [0.15, 0.2) is 41.5 Å². The van der Waals surface area contributed by atoms with E-state index in [-0.39, 0.29) is 22.8 Å². The number of nitriles is 1. The standard InChI is InChI=1S/C17H16N6O3/c1-10-3-11(2)5-14(4-10)26-15-7-12(6-13(8-15)23(24)25)21-22-16(9-18)17(19)20/h3-8,21H,1-2H3,(H3,19,20)/b22-16+. The van der Waals surface area contributed by atoms with Crippen molar-refractivity contribution in [3.8, 4) is 17.6 Å². The van der Waals surface area contributed by atoms with Crippen LogP contribution in [-0.4, -0.2) is 16.5 Å². The van der Waals surface area contributed by atoms with Crippen LogP contribution in [0, 0.1) is 40.7 Å². The quantitative estimate of drug-likeness (QED) is 0.314. The lowest BCUT2D eigenvalue weighted by atomic mass is 10.1. The number of aryl methyl sites for hydroxylation is 2. The summed E-state index contributed by atoms with van der Waals surface area (Å²) in [4.78, 5) is 10.6. The van der Waals surface area contributed by atoms with Gasteiger partial charge in [-0.25, -0.2) is 0 Å². The molecule has 0 aliphatic heterocycles. The van der Waals surface area contributed by atoms with E-state index in [2.05, 4.69) is 10.5 Å². The van der Waals surface area contributed by atoms with E-state index >= 15 is 0 Å². The monoisotopic (exact) mass is 352 g/mol. The molecule has 0 heterocycles. The van der Waals surface area contributed by atoms with Crippen LogP contribution in [0.5, 0.6) is 11.5 Å². The Morgan fingerprint density at radius 2 is 1.85 bits per heavy atom. The highest BCUT2D eigenvalue weighted by Gasteiger charge is 2.12. The summed E-state index contributed by atoms with van der Waals surface area (Å²) in [7, 11) is 0. The number of nitrogens with zero attached hydrogens (tertiary/aromatic N) is 3. The molecule has 0 saturated heterocycles. The maximum atomic E-state index is 11.1. The van der Waals surface area contributed by atoms with Gasteiger partial charge in [0.2, 0.25) is 5.71 Å². The smallest absolute Gasteiger partial charge is 0.275 e. The number of ether oxygens (including phenoxy) is 1. The fourth-order valence-corrected chi connectivity index (χ4v) is 2.21. The minimum atomic E-state index is -0.570. The largest absolute Gasteiger partial charge is 0.457 e. The van der Waals surface area contributed by atoms with Gasteiger partial charge in [0.25, 0.3) is 5.69 Å². The van der Waals surface area contributed by atoms with Crippen LogP contribution in [-0.2, 0) is 0 Å². The summed E-state index contributed by atoms with van der Waals surface area (Å²) in [6.07, 6.45) is 0. The predicted molar refractivity (Wildman–Crippen MR) is 97.7 cm³/mol. The zero-order valence-electron chi connectivity index (χ0n) is 14.1. The van der Waals surface area contributed by atoms with Gasteiger partial charge < -0.3 is 10.5 Å². The van der Waals surface area contributed by atoms with Crippen molar-refractivity contribution in [1.82, 2.24) is 0 Å². The second-order valence-corrected chi connectivity index (χ2v) is 5.50. The van der Waals surface area contributed by atoms with E-state index in [0.29, 0.717) is 5.75 Å². The van der Waals surface area contributed by atoms with Gasteiger partial charge in [-0.2, -0.15) is 10.4 Å². The van der Waals surface area contributed by atoms with Crippen molar-refractivity contribution in [1.29, 1.82) is 10.7 Å². The number of hydrogen-bond acceptors (Lipinski definition) is 7. The van der Waals surface area contributed by atoms with E-state index in [1.54, 1.807) is 18.2 Å². The first-order valence-corrected chi connectivity index (χ1v) is 7.42. The molecular weight excluding hydrogens is 336 g/mol. The van der Waals surface area contributed by atoms with Gasteiger partial charge in [-0.15, -0.1) is 0 Å². The van der Waals surface area contributed by atoms with Gasteiger partial charge in [-0.1, -0.05) is 6.07 Å². The second-order valence-electron chi connectivity index (χ2n) is 5.50. The minimum Gasteiger partial charge on any atom is -0.457 e. The van der Waals surface area contributed by atoms with Crippen molar-refractivity contribution in [2.45, 2.75) is 13.8 Å². The number of hydrazone groups is 1. The molecule has 9 nitrogen and oxygen atoms in total. The maximum absolute atomic E-state index is 11.1. The number of rotatable bonds is 6. The van der Waals surface area contributed by atoms with E-state index in [1.165, 1.54) is 18.2 Å². The van der Waals surface area contributed by atoms with Crippen molar-refractivity contribution < 1.29 is 9.66 Å². The molecule has 0 bridgehead atoms. The zero-order valence-corrected chi connectivity index (χ0v) is 14.1. The highest BCUT2D eigenvalue weighted by Crippen LogP contribution is 2.30. The number of nitro groups is 1. The van der Waals surface area contributed by atoms with Crippen LogP contribution in [0.25, 0.3) is 0 Å². The van der Waals surface area contributed by atoms with Gasteiger partial charge >= 0.3 is 0 Å². The zero-order chi connectivity index (χ0) is 19.3. The SMILES string of the molecule is Cc1cc(C)cc(Oc2cc(N/N=C(\C#N)C(=N)N)cc([N+](=O)[O-])c2)c1. The molecule has 0 aliphatic carbocycles. The molecular formula is C17H16N6O3. The predicted octanol–water partition coefficient (Wildman–Crippen LogP) is 3.23. The molecule has 2 aromatic carbocycles. The number of non-ortho nitro benzene ring substituents is 1. The first-order valence-electron chi connectivity index (χ1n) is 7.42. The van der Waals surface area contributed by atoms with Gasteiger partial charge in [-0.05, 0) is 37.1 Å². The summed E-state index contributed by atoms with van der Waals surface area (Å²) in [5.41, 5.74) is 9.34. The Morgan fingerprint density at radius 1 is 1.23 bits per heavy atom. The van der Waals surface area contributed by atoms with Gasteiger partial charge in [0.05, 0.1) is 16.7 Å². The van der Waals surface area contributed by atoms with Crippen LogP contribution < -0.4 is 15.9 Å².